The van der Waals surface area contributed by atoms with E-state index in [0.717, 1.165) is 28.0 Å². The number of nitrogens with one attached hydrogen (secondary N) is 3. The minimum absolute atomic E-state index is 0.137. The molecular weight excluding hydrogens is 376 g/mol. The Morgan fingerprint density at radius 3 is 2.40 bits per heavy atom. The number of aromatic nitrogens is 4. The fraction of sp³-hybridized carbons (Fsp3) is 0.217. The maximum atomic E-state index is 13.0. The number of aryl methyl sites for hydroxylation is 2. The number of carbonyl (C=O) groups excluding carboxylic acids is 1. The summed E-state index contributed by atoms with van der Waals surface area (Å²) in [5.41, 5.74) is 4.59. The van der Waals surface area contributed by atoms with Gasteiger partial charge in [0.25, 0.3) is 0 Å². The van der Waals surface area contributed by atoms with Gasteiger partial charge < -0.3 is 15.6 Å². The lowest BCUT2D eigenvalue weighted by Crippen LogP contribution is -2.41. The standard InChI is InChI=1S/C23H24N6O/c1-15-12-16(2)26-23(25-15)29-20(13-17-8-4-3-5-9-17)22(30)24-14-21-27-18-10-6-7-11-19(18)28-21/h3-12,20H,13-14H2,1-2H3,(H,24,30)(H,27,28)(H,25,26,29)/t20-/m1/s1. The minimum Gasteiger partial charge on any atom is -0.347 e. The summed E-state index contributed by atoms with van der Waals surface area (Å²) in [5, 5.41) is 6.19. The lowest BCUT2D eigenvalue weighted by atomic mass is 10.1. The molecule has 152 valence electrons. The second-order valence-corrected chi connectivity index (χ2v) is 7.28. The number of hydrogen-bond donors (Lipinski definition) is 3. The highest BCUT2D eigenvalue weighted by molar-refractivity contribution is 5.84. The Morgan fingerprint density at radius 2 is 1.67 bits per heavy atom. The molecule has 2 aromatic carbocycles. The fourth-order valence-corrected chi connectivity index (χ4v) is 3.39. The van der Waals surface area contributed by atoms with Crippen LogP contribution in [0.25, 0.3) is 11.0 Å². The van der Waals surface area contributed by atoms with Crippen molar-refractivity contribution in [2.75, 3.05) is 5.32 Å². The van der Waals surface area contributed by atoms with Crippen molar-refractivity contribution in [3.63, 3.8) is 0 Å². The van der Waals surface area contributed by atoms with Gasteiger partial charge in [-0.2, -0.15) is 0 Å². The number of anilines is 1. The van der Waals surface area contributed by atoms with Crippen molar-refractivity contribution < 1.29 is 4.79 Å². The number of amides is 1. The Labute approximate surface area is 175 Å². The van der Waals surface area contributed by atoms with Gasteiger partial charge in [0.2, 0.25) is 11.9 Å². The van der Waals surface area contributed by atoms with Gasteiger partial charge in [-0.15, -0.1) is 0 Å². The molecule has 0 radical (unpaired) electrons. The molecular formula is C23H24N6O. The Bertz CT molecular complexity index is 1100. The normalized spacial score (nSPS) is 11.9. The van der Waals surface area contributed by atoms with Gasteiger partial charge in [-0.05, 0) is 37.6 Å². The molecule has 1 atom stereocenters. The maximum absolute atomic E-state index is 13.0. The summed E-state index contributed by atoms with van der Waals surface area (Å²) < 4.78 is 0. The van der Waals surface area contributed by atoms with Crippen molar-refractivity contribution in [1.29, 1.82) is 0 Å². The number of imidazole rings is 1. The third-order valence-corrected chi connectivity index (χ3v) is 4.75. The molecule has 3 N–H and O–H groups in total. The van der Waals surface area contributed by atoms with Crippen molar-refractivity contribution in [3.8, 4) is 0 Å². The number of para-hydroxylation sites is 2. The predicted octanol–water partition coefficient (Wildman–Crippen LogP) is 3.31. The average molecular weight is 400 g/mol. The highest BCUT2D eigenvalue weighted by Gasteiger charge is 2.20. The molecule has 0 unspecified atom stereocenters. The van der Waals surface area contributed by atoms with Gasteiger partial charge in [-0.25, -0.2) is 15.0 Å². The molecule has 0 aliphatic rings. The van der Waals surface area contributed by atoms with Gasteiger partial charge in [0, 0.05) is 17.8 Å². The van der Waals surface area contributed by atoms with E-state index >= 15 is 0 Å². The van der Waals surface area contributed by atoms with Gasteiger partial charge in [0.1, 0.15) is 11.9 Å². The van der Waals surface area contributed by atoms with E-state index in [0.29, 0.717) is 24.7 Å². The van der Waals surface area contributed by atoms with E-state index in [1.54, 1.807) is 0 Å². The smallest absolute Gasteiger partial charge is 0.243 e. The quantitative estimate of drug-likeness (QED) is 0.442. The van der Waals surface area contributed by atoms with E-state index in [4.69, 9.17) is 0 Å². The van der Waals surface area contributed by atoms with Crippen LogP contribution in [0.4, 0.5) is 5.95 Å². The summed E-state index contributed by atoms with van der Waals surface area (Å²) in [4.78, 5) is 29.6. The summed E-state index contributed by atoms with van der Waals surface area (Å²) in [6, 6.07) is 19.1. The molecule has 0 spiro atoms. The summed E-state index contributed by atoms with van der Waals surface area (Å²) >= 11 is 0. The first-order valence-corrected chi connectivity index (χ1v) is 9.91. The van der Waals surface area contributed by atoms with Crippen molar-refractivity contribution in [3.05, 3.63) is 83.4 Å². The van der Waals surface area contributed by atoms with E-state index in [1.807, 2.05) is 74.5 Å². The van der Waals surface area contributed by atoms with Crippen molar-refractivity contribution in [1.82, 2.24) is 25.3 Å². The van der Waals surface area contributed by atoms with Crippen LogP contribution in [0.2, 0.25) is 0 Å². The minimum atomic E-state index is -0.516. The molecule has 2 aromatic heterocycles. The van der Waals surface area contributed by atoms with E-state index in [2.05, 4.69) is 30.6 Å². The first-order chi connectivity index (χ1) is 14.6. The second-order valence-electron chi connectivity index (χ2n) is 7.28. The number of aromatic amines is 1. The lowest BCUT2D eigenvalue weighted by molar-refractivity contribution is -0.122. The Hall–Kier alpha value is -3.74. The molecule has 30 heavy (non-hydrogen) atoms. The predicted molar refractivity (Wildman–Crippen MR) is 117 cm³/mol. The third kappa shape index (κ3) is 4.81. The molecule has 0 aliphatic heterocycles. The molecule has 1 amide bonds. The zero-order chi connectivity index (χ0) is 20.9. The van der Waals surface area contributed by atoms with Crippen LogP contribution < -0.4 is 10.6 Å². The van der Waals surface area contributed by atoms with Gasteiger partial charge in [0.15, 0.2) is 0 Å². The number of rotatable bonds is 7. The van der Waals surface area contributed by atoms with Crippen molar-refractivity contribution >= 4 is 22.9 Å². The molecule has 0 aliphatic carbocycles. The number of benzene rings is 2. The van der Waals surface area contributed by atoms with Crippen LogP contribution in [0.3, 0.4) is 0 Å². The largest absolute Gasteiger partial charge is 0.347 e. The number of carbonyl (C=O) groups is 1. The van der Waals surface area contributed by atoms with Crippen LogP contribution in [-0.4, -0.2) is 31.9 Å². The van der Waals surface area contributed by atoms with Crippen LogP contribution in [-0.2, 0) is 17.8 Å². The van der Waals surface area contributed by atoms with Crippen LogP contribution >= 0.6 is 0 Å². The number of hydrogen-bond acceptors (Lipinski definition) is 5. The highest BCUT2D eigenvalue weighted by atomic mass is 16.2. The fourth-order valence-electron chi connectivity index (χ4n) is 3.39. The third-order valence-electron chi connectivity index (χ3n) is 4.75. The molecule has 2 heterocycles. The number of H-pyrrole nitrogens is 1. The first kappa shape index (κ1) is 19.6. The van der Waals surface area contributed by atoms with E-state index in [1.165, 1.54) is 0 Å². The zero-order valence-corrected chi connectivity index (χ0v) is 17.0. The van der Waals surface area contributed by atoms with Gasteiger partial charge in [0.05, 0.1) is 17.6 Å². The Morgan fingerprint density at radius 1 is 0.967 bits per heavy atom. The molecule has 0 saturated heterocycles. The van der Waals surface area contributed by atoms with Gasteiger partial charge >= 0.3 is 0 Å². The highest BCUT2D eigenvalue weighted by Crippen LogP contribution is 2.12. The molecule has 0 fully saturated rings. The zero-order valence-electron chi connectivity index (χ0n) is 17.0. The van der Waals surface area contributed by atoms with Gasteiger partial charge in [-0.1, -0.05) is 42.5 Å². The van der Waals surface area contributed by atoms with Crippen LogP contribution in [0.15, 0.2) is 60.7 Å². The molecule has 0 saturated carbocycles. The molecule has 7 heteroatoms. The number of fused-ring (bicyclic) bond motifs is 1. The van der Waals surface area contributed by atoms with Gasteiger partial charge in [-0.3, -0.25) is 4.79 Å². The summed E-state index contributed by atoms with van der Waals surface area (Å²) in [7, 11) is 0. The lowest BCUT2D eigenvalue weighted by Gasteiger charge is -2.19. The Kier molecular flexibility index (Phi) is 5.70. The SMILES string of the molecule is Cc1cc(C)nc(N[C@H](Cc2ccccc2)C(=O)NCc2nc3ccccc3[nH]2)n1. The molecule has 7 nitrogen and oxygen atoms in total. The molecule has 4 rings (SSSR count). The van der Waals surface area contributed by atoms with E-state index < -0.39 is 6.04 Å². The molecule has 0 bridgehead atoms. The summed E-state index contributed by atoms with van der Waals surface area (Å²) in [6.45, 7) is 4.13. The van der Waals surface area contributed by atoms with E-state index in [9.17, 15) is 4.79 Å². The van der Waals surface area contributed by atoms with Crippen LogP contribution in [0, 0.1) is 13.8 Å². The first-order valence-electron chi connectivity index (χ1n) is 9.91. The Balaban J connectivity index is 1.50. The average Bonchev–Trinajstić information content (AvgIpc) is 3.14. The van der Waals surface area contributed by atoms with Crippen molar-refractivity contribution in [2.45, 2.75) is 32.9 Å². The van der Waals surface area contributed by atoms with Crippen molar-refractivity contribution in [2.24, 2.45) is 0 Å². The topological polar surface area (TPSA) is 95.6 Å². The maximum Gasteiger partial charge on any atom is 0.243 e. The van der Waals surface area contributed by atoms with E-state index in [-0.39, 0.29) is 5.91 Å². The van der Waals surface area contributed by atoms with Crippen LogP contribution in [0.5, 0.6) is 0 Å². The summed E-state index contributed by atoms with van der Waals surface area (Å²) in [5.74, 6) is 1.03. The van der Waals surface area contributed by atoms with Crippen LogP contribution in [0.1, 0.15) is 22.8 Å². The molecule has 4 aromatic rings. The monoisotopic (exact) mass is 400 g/mol. The summed E-state index contributed by atoms with van der Waals surface area (Å²) in [6.07, 6.45) is 0.517. The second kappa shape index (κ2) is 8.73. The number of nitrogens with zero attached hydrogens (tertiary/aromatic N) is 3.